The summed E-state index contributed by atoms with van der Waals surface area (Å²) in [6.07, 6.45) is 1.69. The van der Waals surface area contributed by atoms with E-state index in [9.17, 15) is 14.9 Å². The van der Waals surface area contributed by atoms with E-state index < -0.39 is 4.92 Å². The Hall–Kier alpha value is -2.58. The maximum absolute atomic E-state index is 12.4. The van der Waals surface area contributed by atoms with Crippen molar-refractivity contribution in [2.24, 2.45) is 4.99 Å². The predicted molar refractivity (Wildman–Crippen MR) is 101 cm³/mol. The van der Waals surface area contributed by atoms with Gasteiger partial charge < -0.3 is 4.57 Å². The van der Waals surface area contributed by atoms with E-state index in [1.54, 1.807) is 30.3 Å². The van der Waals surface area contributed by atoms with E-state index in [1.807, 2.05) is 10.6 Å². The molecule has 3 aromatic rings. The van der Waals surface area contributed by atoms with Crippen LogP contribution in [0.25, 0.3) is 10.2 Å². The molecule has 0 saturated heterocycles. The molecular formula is C17H12BrN3O3S. The van der Waals surface area contributed by atoms with Crippen LogP contribution in [0.4, 0.5) is 5.69 Å². The fraction of sp³-hybridized carbons (Fsp3) is 0.0588. The molecule has 1 heterocycles. The third-order valence-electron chi connectivity index (χ3n) is 3.46. The van der Waals surface area contributed by atoms with Crippen LogP contribution in [-0.4, -0.2) is 15.4 Å². The largest absolute Gasteiger partial charge is 0.312 e. The highest BCUT2D eigenvalue weighted by Crippen LogP contribution is 2.23. The number of nitrogens with zero attached hydrogens (tertiary/aromatic N) is 3. The Labute approximate surface area is 155 Å². The second-order valence-electron chi connectivity index (χ2n) is 5.12. The van der Waals surface area contributed by atoms with E-state index in [-0.39, 0.29) is 11.6 Å². The molecule has 0 atom stereocenters. The van der Waals surface area contributed by atoms with Gasteiger partial charge in [-0.05, 0) is 24.3 Å². The second-order valence-corrected chi connectivity index (χ2v) is 7.05. The maximum atomic E-state index is 12.4. The summed E-state index contributed by atoms with van der Waals surface area (Å²) in [6.45, 7) is 4.17. The molecule has 6 nitrogen and oxygen atoms in total. The van der Waals surface area contributed by atoms with Crippen molar-refractivity contribution < 1.29 is 9.72 Å². The smallest absolute Gasteiger partial charge is 0.279 e. The number of hydrogen-bond donors (Lipinski definition) is 0. The van der Waals surface area contributed by atoms with Crippen molar-refractivity contribution in [2.45, 2.75) is 6.54 Å². The Morgan fingerprint density at radius 1 is 1.36 bits per heavy atom. The third kappa shape index (κ3) is 3.59. The first-order valence-electron chi connectivity index (χ1n) is 7.23. The normalized spacial score (nSPS) is 11.6. The van der Waals surface area contributed by atoms with Crippen molar-refractivity contribution in [3.63, 3.8) is 0 Å². The quantitative estimate of drug-likeness (QED) is 0.360. The van der Waals surface area contributed by atoms with Gasteiger partial charge in [-0.3, -0.25) is 14.9 Å². The Bertz CT molecular complexity index is 1070. The van der Waals surface area contributed by atoms with Crippen LogP contribution in [0, 0.1) is 10.1 Å². The SMILES string of the molecule is C=CCn1c(=NC(=O)c2cccc(Br)c2)sc2cc([N+](=O)[O-])ccc21. The van der Waals surface area contributed by atoms with Crippen LogP contribution < -0.4 is 4.80 Å². The molecular weight excluding hydrogens is 406 g/mol. The highest BCUT2D eigenvalue weighted by Gasteiger charge is 2.12. The standard InChI is InChI=1S/C17H12BrN3O3S/c1-2-8-20-14-7-6-13(21(23)24)10-15(14)25-17(20)19-16(22)11-4-3-5-12(18)9-11/h2-7,9-10H,1,8H2. The highest BCUT2D eigenvalue weighted by molar-refractivity contribution is 9.10. The lowest BCUT2D eigenvalue weighted by molar-refractivity contribution is -0.384. The molecule has 25 heavy (non-hydrogen) atoms. The molecule has 1 aromatic heterocycles. The lowest BCUT2D eigenvalue weighted by atomic mass is 10.2. The van der Waals surface area contributed by atoms with Gasteiger partial charge in [0.15, 0.2) is 4.80 Å². The molecule has 0 saturated carbocycles. The highest BCUT2D eigenvalue weighted by atomic mass is 79.9. The van der Waals surface area contributed by atoms with Gasteiger partial charge in [0.05, 0.1) is 15.1 Å². The maximum Gasteiger partial charge on any atom is 0.279 e. The molecule has 0 spiro atoms. The van der Waals surface area contributed by atoms with Crippen molar-refractivity contribution in [1.29, 1.82) is 0 Å². The molecule has 0 N–H and O–H groups in total. The summed E-state index contributed by atoms with van der Waals surface area (Å²) in [5, 5.41) is 11.0. The summed E-state index contributed by atoms with van der Waals surface area (Å²) < 4.78 is 3.29. The van der Waals surface area contributed by atoms with E-state index >= 15 is 0 Å². The average Bonchev–Trinajstić information content (AvgIpc) is 2.92. The van der Waals surface area contributed by atoms with Gasteiger partial charge in [-0.15, -0.1) is 6.58 Å². The molecule has 0 unspecified atom stereocenters. The topological polar surface area (TPSA) is 77.5 Å². The Morgan fingerprint density at radius 2 is 2.16 bits per heavy atom. The molecule has 3 rings (SSSR count). The number of thiazole rings is 1. The molecule has 0 aliphatic heterocycles. The number of hydrogen-bond acceptors (Lipinski definition) is 4. The van der Waals surface area contributed by atoms with E-state index in [1.165, 1.54) is 23.5 Å². The van der Waals surface area contributed by atoms with Crippen molar-refractivity contribution in [1.82, 2.24) is 4.57 Å². The van der Waals surface area contributed by atoms with Crippen LogP contribution in [0.5, 0.6) is 0 Å². The lowest BCUT2D eigenvalue weighted by Gasteiger charge is -2.01. The van der Waals surface area contributed by atoms with Crippen LogP contribution in [-0.2, 0) is 6.54 Å². The van der Waals surface area contributed by atoms with Gasteiger partial charge in [0, 0.05) is 28.7 Å². The van der Waals surface area contributed by atoms with E-state index in [4.69, 9.17) is 0 Å². The van der Waals surface area contributed by atoms with Crippen LogP contribution >= 0.6 is 27.3 Å². The van der Waals surface area contributed by atoms with E-state index in [0.717, 1.165) is 9.99 Å². The molecule has 1 amide bonds. The lowest BCUT2D eigenvalue weighted by Crippen LogP contribution is -2.16. The number of carbonyl (C=O) groups is 1. The van der Waals surface area contributed by atoms with Gasteiger partial charge in [0.1, 0.15) is 0 Å². The molecule has 2 aromatic carbocycles. The summed E-state index contributed by atoms with van der Waals surface area (Å²) >= 11 is 4.57. The van der Waals surface area contributed by atoms with E-state index in [2.05, 4.69) is 27.5 Å². The van der Waals surface area contributed by atoms with Gasteiger partial charge >= 0.3 is 0 Å². The number of fused-ring (bicyclic) bond motifs is 1. The Morgan fingerprint density at radius 3 is 2.84 bits per heavy atom. The zero-order valence-electron chi connectivity index (χ0n) is 12.9. The average molecular weight is 418 g/mol. The first kappa shape index (κ1) is 17.2. The number of carbonyl (C=O) groups excluding carboxylic acids is 1. The third-order valence-corrected chi connectivity index (χ3v) is 4.99. The van der Waals surface area contributed by atoms with Crippen molar-refractivity contribution in [3.05, 3.63) is 80.1 Å². The number of aromatic nitrogens is 1. The van der Waals surface area contributed by atoms with Gasteiger partial charge in [-0.2, -0.15) is 4.99 Å². The monoisotopic (exact) mass is 417 g/mol. The second kappa shape index (κ2) is 7.12. The van der Waals surface area contributed by atoms with E-state index in [0.29, 0.717) is 21.6 Å². The number of non-ortho nitro benzene ring substituents is 1. The Kier molecular flexibility index (Phi) is 4.91. The number of allylic oxidation sites excluding steroid dienone is 1. The Balaban J connectivity index is 2.16. The first-order valence-corrected chi connectivity index (χ1v) is 8.84. The summed E-state index contributed by atoms with van der Waals surface area (Å²) in [5.41, 5.74) is 1.24. The number of halogens is 1. The zero-order valence-corrected chi connectivity index (χ0v) is 15.3. The van der Waals surface area contributed by atoms with Crippen LogP contribution in [0.15, 0.2) is 64.6 Å². The minimum atomic E-state index is -0.444. The number of rotatable bonds is 4. The van der Waals surface area contributed by atoms with Crippen molar-refractivity contribution >= 4 is 49.1 Å². The number of nitro groups is 1. The van der Waals surface area contributed by atoms with Crippen LogP contribution in [0.2, 0.25) is 0 Å². The predicted octanol–water partition coefficient (Wildman–Crippen LogP) is 4.30. The molecule has 8 heteroatoms. The van der Waals surface area contributed by atoms with Crippen molar-refractivity contribution in [3.8, 4) is 0 Å². The zero-order chi connectivity index (χ0) is 18.0. The number of nitro benzene ring substituents is 1. The summed E-state index contributed by atoms with van der Waals surface area (Å²) in [7, 11) is 0. The minimum Gasteiger partial charge on any atom is -0.312 e. The molecule has 126 valence electrons. The van der Waals surface area contributed by atoms with Gasteiger partial charge in [0.2, 0.25) is 0 Å². The van der Waals surface area contributed by atoms with Gasteiger partial charge in [-0.1, -0.05) is 39.4 Å². The van der Waals surface area contributed by atoms with Gasteiger partial charge in [0.25, 0.3) is 11.6 Å². The molecule has 0 radical (unpaired) electrons. The minimum absolute atomic E-state index is 0.00405. The summed E-state index contributed by atoms with van der Waals surface area (Å²) in [6, 6.07) is 11.6. The first-order chi connectivity index (χ1) is 12.0. The fourth-order valence-corrected chi connectivity index (χ4v) is 3.81. The van der Waals surface area contributed by atoms with Crippen LogP contribution in [0.3, 0.4) is 0 Å². The summed E-state index contributed by atoms with van der Waals surface area (Å²) in [4.78, 5) is 27.6. The van der Waals surface area contributed by atoms with Gasteiger partial charge in [-0.25, -0.2) is 0 Å². The molecule has 0 aliphatic carbocycles. The molecule has 0 fully saturated rings. The van der Waals surface area contributed by atoms with Crippen LogP contribution in [0.1, 0.15) is 10.4 Å². The van der Waals surface area contributed by atoms with Crippen molar-refractivity contribution in [2.75, 3.05) is 0 Å². The molecule has 0 bridgehead atoms. The summed E-state index contributed by atoms with van der Waals surface area (Å²) in [5.74, 6) is -0.375. The fourth-order valence-electron chi connectivity index (χ4n) is 2.34. The number of benzene rings is 2. The number of amides is 1. The molecule has 0 aliphatic rings.